The van der Waals surface area contributed by atoms with Gasteiger partial charge in [-0.25, -0.2) is 4.79 Å². The van der Waals surface area contributed by atoms with Gasteiger partial charge in [-0.1, -0.05) is 0 Å². The number of nitrogen functional groups attached to an aromatic ring is 1. The topological polar surface area (TPSA) is 92.6 Å². The summed E-state index contributed by atoms with van der Waals surface area (Å²) in [5.41, 5.74) is 13.0. The molecule has 1 unspecified atom stereocenters. The predicted octanol–water partition coefficient (Wildman–Crippen LogP) is 1.14. The molecule has 0 heterocycles. The van der Waals surface area contributed by atoms with Crippen LogP contribution in [-0.4, -0.2) is 30.2 Å². The average Bonchev–Trinajstić information content (AvgIpc) is 2.31. The lowest BCUT2D eigenvalue weighted by atomic mass is 10.1. The fourth-order valence-corrected chi connectivity index (χ4v) is 1.77. The van der Waals surface area contributed by atoms with Gasteiger partial charge in [0.05, 0.1) is 16.9 Å². The van der Waals surface area contributed by atoms with Gasteiger partial charge in [-0.2, -0.15) is 0 Å². The van der Waals surface area contributed by atoms with Crippen LogP contribution >= 0.6 is 0 Å². The van der Waals surface area contributed by atoms with E-state index < -0.39 is 5.97 Å². The number of hydrogen-bond acceptors (Lipinski definition) is 4. The van der Waals surface area contributed by atoms with Crippen LogP contribution in [0.5, 0.6) is 0 Å². The molecule has 0 amide bonds. The molecule has 0 aromatic heterocycles. The summed E-state index contributed by atoms with van der Waals surface area (Å²) in [4.78, 5) is 12.9. The largest absolute Gasteiger partial charge is 0.478 e. The predicted molar refractivity (Wildman–Crippen MR) is 69.4 cm³/mol. The summed E-state index contributed by atoms with van der Waals surface area (Å²) in [5.74, 6) is -0.956. The number of nitrogens with two attached hydrogens (primary N) is 2. The highest BCUT2D eigenvalue weighted by Crippen LogP contribution is 2.26. The summed E-state index contributed by atoms with van der Waals surface area (Å²) in [6.45, 7) is 5.19. The molecule has 1 rings (SSSR count). The SMILES string of the molecule is CCN(c1cc(C(=O)O)ccc1N)C(C)CN. The third-order valence-electron chi connectivity index (χ3n) is 2.80. The molecule has 0 spiro atoms. The minimum atomic E-state index is -0.956. The zero-order valence-electron chi connectivity index (χ0n) is 10.2. The van der Waals surface area contributed by atoms with E-state index in [-0.39, 0.29) is 11.6 Å². The number of rotatable bonds is 5. The molecule has 5 heteroatoms. The summed E-state index contributed by atoms with van der Waals surface area (Å²) in [5, 5.41) is 8.97. The van der Waals surface area contributed by atoms with E-state index in [1.807, 2.05) is 18.7 Å². The van der Waals surface area contributed by atoms with Crippen molar-refractivity contribution in [1.82, 2.24) is 0 Å². The molecule has 0 radical (unpaired) electrons. The van der Waals surface area contributed by atoms with Gasteiger partial charge >= 0.3 is 5.97 Å². The number of nitrogens with zero attached hydrogens (tertiary/aromatic N) is 1. The number of likely N-dealkylation sites (N-methyl/N-ethyl adjacent to an activating group) is 1. The second kappa shape index (κ2) is 5.54. The molecule has 5 nitrogen and oxygen atoms in total. The van der Waals surface area contributed by atoms with Gasteiger partial charge in [0.2, 0.25) is 0 Å². The van der Waals surface area contributed by atoms with Gasteiger partial charge in [0.1, 0.15) is 0 Å². The molecule has 0 fully saturated rings. The molecule has 94 valence electrons. The highest BCUT2D eigenvalue weighted by atomic mass is 16.4. The average molecular weight is 237 g/mol. The Hall–Kier alpha value is -1.75. The zero-order chi connectivity index (χ0) is 13.0. The lowest BCUT2D eigenvalue weighted by Gasteiger charge is -2.30. The first-order valence-corrected chi connectivity index (χ1v) is 5.60. The Kier molecular flexibility index (Phi) is 4.34. The second-order valence-electron chi connectivity index (χ2n) is 3.95. The van der Waals surface area contributed by atoms with Gasteiger partial charge in [-0.15, -0.1) is 0 Å². The van der Waals surface area contributed by atoms with Crippen molar-refractivity contribution in [3.05, 3.63) is 23.8 Å². The van der Waals surface area contributed by atoms with Crippen LogP contribution in [0.3, 0.4) is 0 Å². The normalized spacial score (nSPS) is 12.2. The van der Waals surface area contributed by atoms with Gasteiger partial charge in [0.25, 0.3) is 0 Å². The Morgan fingerprint density at radius 3 is 2.65 bits per heavy atom. The standard InChI is InChI=1S/C12H19N3O2/c1-3-15(8(2)7-13)11-6-9(12(16)17)4-5-10(11)14/h4-6,8H,3,7,13-14H2,1-2H3,(H,16,17). The molecule has 0 saturated heterocycles. The molecule has 0 bridgehead atoms. The van der Waals surface area contributed by atoms with Crippen LogP contribution in [0.25, 0.3) is 0 Å². The number of anilines is 2. The van der Waals surface area contributed by atoms with E-state index in [1.54, 1.807) is 12.1 Å². The summed E-state index contributed by atoms with van der Waals surface area (Å²) in [7, 11) is 0. The van der Waals surface area contributed by atoms with Crippen molar-refractivity contribution >= 4 is 17.3 Å². The first kappa shape index (κ1) is 13.3. The zero-order valence-corrected chi connectivity index (χ0v) is 10.2. The molecule has 1 aromatic rings. The molecule has 5 N–H and O–H groups in total. The van der Waals surface area contributed by atoms with Crippen molar-refractivity contribution in [3.63, 3.8) is 0 Å². The molecule has 1 atom stereocenters. The third-order valence-corrected chi connectivity index (χ3v) is 2.80. The van der Waals surface area contributed by atoms with Crippen LogP contribution in [0.4, 0.5) is 11.4 Å². The molecule has 0 aliphatic carbocycles. The van der Waals surface area contributed by atoms with Crippen LogP contribution < -0.4 is 16.4 Å². The van der Waals surface area contributed by atoms with Crippen molar-refractivity contribution in [2.24, 2.45) is 5.73 Å². The first-order chi connectivity index (χ1) is 8.01. The molecule has 17 heavy (non-hydrogen) atoms. The fourth-order valence-electron chi connectivity index (χ4n) is 1.77. The lowest BCUT2D eigenvalue weighted by Crippen LogP contribution is -2.38. The van der Waals surface area contributed by atoms with Gasteiger partial charge in [-0.05, 0) is 32.0 Å². The molecular weight excluding hydrogens is 218 g/mol. The van der Waals surface area contributed by atoms with Crippen LogP contribution in [0, 0.1) is 0 Å². The summed E-state index contributed by atoms with van der Waals surface area (Å²) >= 11 is 0. The van der Waals surface area contributed by atoms with E-state index in [4.69, 9.17) is 16.6 Å². The van der Waals surface area contributed by atoms with E-state index in [1.165, 1.54) is 6.07 Å². The van der Waals surface area contributed by atoms with Crippen LogP contribution in [-0.2, 0) is 0 Å². The van der Waals surface area contributed by atoms with Gasteiger partial charge < -0.3 is 21.5 Å². The van der Waals surface area contributed by atoms with E-state index in [0.717, 1.165) is 12.2 Å². The first-order valence-electron chi connectivity index (χ1n) is 5.60. The van der Waals surface area contributed by atoms with Gasteiger partial charge in [-0.3, -0.25) is 0 Å². The van der Waals surface area contributed by atoms with Crippen LogP contribution in [0.1, 0.15) is 24.2 Å². The van der Waals surface area contributed by atoms with E-state index in [2.05, 4.69) is 0 Å². The third kappa shape index (κ3) is 2.88. The maximum atomic E-state index is 10.9. The minimum Gasteiger partial charge on any atom is -0.478 e. The number of carboxylic acids is 1. The summed E-state index contributed by atoms with van der Waals surface area (Å²) < 4.78 is 0. The number of benzene rings is 1. The maximum absolute atomic E-state index is 10.9. The minimum absolute atomic E-state index is 0.117. The highest BCUT2D eigenvalue weighted by Gasteiger charge is 2.15. The molecule has 0 saturated carbocycles. The Morgan fingerprint density at radius 1 is 1.53 bits per heavy atom. The Labute approximate surface area is 101 Å². The smallest absolute Gasteiger partial charge is 0.335 e. The summed E-state index contributed by atoms with van der Waals surface area (Å²) in [6.07, 6.45) is 0. The lowest BCUT2D eigenvalue weighted by molar-refractivity contribution is 0.0697. The monoisotopic (exact) mass is 237 g/mol. The number of aromatic carboxylic acids is 1. The van der Waals surface area contributed by atoms with Crippen molar-refractivity contribution in [2.45, 2.75) is 19.9 Å². The van der Waals surface area contributed by atoms with Crippen molar-refractivity contribution < 1.29 is 9.90 Å². The van der Waals surface area contributed by atoms with E-state index in [9.17, 15) is 4.79 Å². The van der Waals surface area contributed by atoms with Crippen molar-refractivity contribution in [1.29, 1.82) is 0 Å². The highest BCUT2D eigenvalue weighted by molar-refractivity contribution is 5.90. The summed E-state index contributed by atoms with van der Waals surface area (Å²) in [6, 6.07) is 4.83. The van der Waals surface area contributed by atoms with Crippen molar-refractivity contribution in [3.8, 4) is 0 Å². The molecule has 0 aliphatic heterocycles. The van der Waals surface area contributed by atoms with Gasteiger partial charge in [0.15, 0.2) is 0 Å². The van der Waals surface area contributed by atoms with Gasteiger partial charge in [0, 0.05) is 19.1 Å². The van der Waals surface area contributed by atoms with Crippen LogP contribution in [0.15, 0.2) is 18.2 Å². The number of hydrogen-bond donors (Lipinski definition) is 3. The number of carboxylic acid groups (broad SMARTS) is 1. The molecule has 0 aliphatic rings. The number of carbonyl (C=O) groups is 1. The quantitative estimate of drug-likeness (QED) is 0.668. The van der Waals surface area contributed by atoms with Crippen molar-refractivity contribution in [2.75, 3.05) is 23.7 Å². The Morgan fingerprint density at radius 2 is 2.18 bits per heavy atom. The second-order valence-corrected chi connectivity index (χ2v) is 3.95. The maximum Gasteiger partial charge on any atom is 0.335 e. The molecular formula is C12H19N3O2. The van der Waals surface area contributed by atoms with E-state index in [0.29, 0.717) is 12.2 Å². The van der Waals surface area contributed by atoms with Crippen LogP contribution in [0.2, 0.25) is 0 Å². The Balaban J connectivity index is 3.17. The fraction of sp³-hybridized carbons (Fsp3) is 0.417. The van der Waals surface area contributed by atoms with E-state index >= 15 is 0 Å². The Bertz CT molecular complexity index is 407. The molecule has 1 aromatic carbocycles.